The van der Waals surface area contributed by atoms with Crippen molar-refractivity contribution >= 4 is 5.78 Å². The number of ketones is 1. The topological polar surface area (TPSA) is 234 Å². The predicted octanol–water partition coefficient (Wildman–Crippen LogP) is -1.16. The first-order chi connectivity index (χ1) is 20.4. The monoisotopic (exact) mass is 610 g/mol. The third-order valence-electron chi connectivity index (χ3n) is 7.72. The lowest BCUT2D eigenvalue weighted by Gasteiger charge is -2.45. The number of fused-ring (bicyclic) bond motifs is 1. The third kappa shape index (κ3) is 5.95. The molecule has 0 aliphatic carbocycles. The number of ether oxygens (including phenoxy) is 6. The van der Waals surface area contributed by atoms with Crippen LogP contribution in [0.5, 0.6) is 28.7 Å². The van der Waals surface area contributed by atoms with Gasteiger partial charge in [-0.25, -0.2) is 0 Å². The highest BCUT2D eigenvalue weighted by Gasteiger charge is 2.51. The molecule has 0 spiro atoms. The van der Waals surface area contributed by atoms with Crippen molar-refractivity contribution in [3.63, 3.8) is 0 Å². The third-order valence-corrected chi connectivity index (χ3v) is 7.72. The summed E-state index contributed by atoms with van der Waals surface area (Å²) in [6.45, 7) is 0.699. The van der Waals surface area contributed by atoms with E-state index in [1.807, 2.05) is 0 Å². The van der Waals surface area contributed by atoms with Crippen LogP contribution < -0.4 is 14.2 Å². The van der Waals surface area contributed by atoms with Crippen LogP contribution in [0.3, 0.4) is 0 Å². The molecule has 2 aromatic rings. The van der Waals surface area contributed by atoms with Gasteiger partial charge >= 0.3 is 0 Å². The Bertz CT molecular complexity index is 1320. The number of hydrogen-bond acceptors (Lipinski definition) is 15. The van der Waals surface area contributed by atoms with Gasteiger partial charge in [-0.15, -0.1) is 0 Å². The van der Waals surface area contributed by atoms with Crippen LogP contribution >= 0.6 is 0 Å². The Kier molecular flexibility index (Phi) is 8.99. The second kappa shape index (κ2) is 12.4. The van der Waals surface area contributed by atoms with Gasteiger partial charge in [-0.1, -0.05) is 6.07 Å². The zero-order chi connectivity index (χ0) is 31.2. The Balaban J connectivity index is 1.41. The Morgan fingerprint density at radius 2 is 1.63 bits per heavy atom. The Morgan fingerprint density at radius 1 is 0.884 bits per heavy atom. The fourth-order valence-electron chi connectivity index (χ4n) is 5.29. The SMILES string of the molecule is COc1ccc([C@H]2CC(=O)c3c(O)cc(O[C@@H]4O[C@H](CO)[C@@H](O)[C@H](O)[C@@H]4O[C@@H]4O[C@H](C)[C@H](O)[C@@H](O)[C@H]4O)cc3O2)cc1O. The quantitative estimate of drug-likeness (QED) is 0.185. The number of rotatable bonds is 7. The average molecular weight is 611 g/mol. The summed E-state index contributed by atoms with van der Waals surface area (Å²) in [4.78, 5) is 13.0. The van der Waals surface area contributed by atoms with Gasteiger partial charge < -0.3 is 69.3 Å². The maximum Gasteiger partial charge on any atom is 0.229 e. The fourth-order valence-corrected chi connectivity index (χ4v) is 5.29. The van der Waals surface area contributed by atoms with Crippen molar-refractivity contribution in [2.75, 3.05) is 13.7 Å². The summed E-state index contributed by atoms with van der Waals surface area (Å²) >= 11 is 0. The minimum atomic E-state index is -1.76. The van der Waals surface area contributed by atoms with Gasteiger partial charge in [-0.2, -0.15) is 0 Å². The van der Waals surface area contributed by atoms with Gasteiger partial charge in [0.1, 0.15) is 65.5 Å². The molecule has 15 nitrogen and oxygen atoms in total. The number of methoxy groups -OCH3 is 1. The van der Waals surface area contributed by atoms with E-state index in [0.717, 1.165) is 6.07 Å². The van der Waals surface area contributed by atoms with Gasteiger partial charge in [0.15, 0.2) is 29.7 Å². The molecule has 5 rings (SSSR count). The van der Waals surface area contributed by atoms with E-state index < -0.39 is 85.7 Å². The summed E-state index contributed by atoms with van der Waals surface area (Å²) in [5.41, 5.74) is 0.352. The summed E-state index contributed by atoms with van der Waals surface area (Å²) in [6.07, 6.45) is -16.3. The second-order valence-electron chi connectivity index (χ2n) is 10.6. The van der Waals surface area contributed by atoms with Crippen LogP contribution in [0.15, 0.2) is 30.3 Å². The number of Topliss-reactive ketones (excluding diaryl/α,β-unsaturated/α-hetero) is 1. The summed E-state index contributed by atoms with van der Waals surface area (Å²) < 4.78 is 33.7. The maximum atomic E-state index is 13.0. The number of phenolic OH excluding ortho intramolecular Hbond substituents is 2. The zero-order valence-corrected chi connectivity index (χ0v) is 23.1. The largest absolute Gasteiger partial charge is 0.507 e. The van der Waals surface area contributed by atoms with Crippen molar-refractivity contribution in [2.24, 2.45) is 0 Å². The van der Waals surface area contributed by atoms with E-state index in [-0.39, 0.29) is 35.0 Å². The van der Waals surface area contributed by atoms with Crippen LogP contribution in [-0.4, -0.2) is 122 Å². The zero-order valence-electron chi connectivity index (χ0n) is 23.1. The molecule has 8 N–H and O–H groups in total. The standard InChI is InChI=1S/C28H34O15/c1-10-21(33)23(35)25(37)27(39-10)43-26-24(36)22(34)19(9-29)42-28(26)40-12-6-14(31)20-15(32)8-17(41-18(20)7-12)11-3-4-16(38-2)13(30)5-11/h3-7,10,17,19,21-31,33-37H,8-9H2,1-2H3/t10-,17-,19-,21+,22-,23-,24+,25-,26+,27+,28-/m1/s1. The molecule has 0 bridgehead atoms. The minimum Gasteiger partial charge on any atom is -0.507 e. The second-order valence-corrected chi connectivity index (χ2v) is 10.6. The first kappa shape index (κ1) is 31.2. The number of carbonyl (C=O) groups excluding carboxylic acids is 1. The van der Waals surface area contributed by atoms with Crippen LogP contribution in [-0.2, 0) is 14.2 Å². The number of aliphatic hydroxyl groups excluding tert-OH is 6. The molecule has 0 saturated carbocycles. The van der Waals surface area contributed by atoms with Crippen LogP contribution in [0.4, 0.5) is 0 Å². The van der Waals surface area contributed by atoms with E-state index in [1.54, 1.807) is 6.07 Å². The van der Waals surface area contributed by atoms with Crippen LogP contribution in [0.25, 0.3) is 0 Å². The molecule has 0 amide bonds. The molecule has 2 fully saturated rings. The van der Waals surface area contributed by atoms with Gasteiger partial charge in [0.25, 0.3) is 0 Å². The predicted molar refractivity (Wildman–Crippen MR) is 141 cm³/mol. The van der Waals surface area contributed by atoms with Gasteiger partial charge in [0, 0.05) is 12.1 Å². The molecule has 0 radical (unpaired) electrons. The molecule has 15 heteroatoms. The smallest absolute Gasteiger partial charge is 0.229 e. The minimum absolute atomic E-state index is 0.0592. The Morgan fingerprint density at radius 3 is 2.30 bits per heavy atom. The molecule has 236 valence electrons. The molecule has 3 aliphatic heterocycles. The summed E-state index contributed by atoms with van der Waals surface area (Å²) in [7, 11) is 1.39. The Hall–Kier alpha value is -3.25. The molecule has 0 unspecified atom stereocenters. The molecular weight excluding hydrogens is 576 g/mol. The lowest BCUT2D eigenvalue weighted by molar-refractivity contribution is -0.354. The lowest BCUT2D eigenvalue weighted by Crippen LogP contribution is -2.64. The van der Waals surface area contributed by atoms with Gasteiger partial charge in [0.2, 0.25) is 6.29 Å². The molecule has 3 aliphatic rings. The van der Waals surface area contributed by atoms with Crippen LogP contribution in [0.1, 0.15) is 35.4 Å². The highest BCUT2D eigenvalue weighted by Crippen LogP contribution is 2.43. The van der Waals surface area contributed by atoms with Crippen molar-refractivity contribution in [3.05, 3.63) is 41.5 Å². The molecule has 0 aromatic heterocycles. The van der Waals surface area contributed by atoms with Crippen LogP contribution in [0, 0.1) is 0 Å². The van der Waals surface area contributed by atoms with Crippen LogP contribution in [0.2, 0.25) is 0 Å². The highest BCUT2D eigenvalue weighted by molar-refractivity contribution is 6.02. The van der Waals surface area contributed by atoms with Gasteiger partial charge in [0.05, 0.1) is 26.2 Å². The number of phenols is 2. The number of benzene rings is 2. The number of hydrogen-bond donors (Lipinski definition) is 8. The van der Waals surface area contributed by atoms with E-state index in [0.29, 0.717) is 5.56 Å². The molecular formula is C28H34O15. The van der Waals surface area contributed by atoms with E-state index in [1.165, 1.54) is 32.2 Å². The van der Waals surface area contributed by atoms with Crippen molar-refractivity contribution in [3.8, 4) is 28.7 Å². The van der Waals surface area contributed by atoms with Crippen molar-refractivity contribution in [1.29, 1.82) is 0 Å². The van der Waals surface area contributed by atoms with E-state index >= 15 is 0 Å². The van der Waals surface area contributed by atoms with E-state index in [2.05, 4.69) is 0 Å². The molecule has 2 aromatic carbocycles. The molecule has 11 atom stereocenters. The number of aromatic hydroxyl groups is 2. The number of aliphatic hydroxyl groups is 6. The first-order valence-corrected chi connectivity index (χ1v) is 13.5. The van der Waals surface area contributed by atoms with E-state index in [9.17, 15) is 45.6 Å². The molecule has 2 saturated heterocycles. The molecule has 3 heterocycles. The normalized spacial score (nSPS) is 36.0. The highest BCUT2D eigenvalue weighted by atomic mass is 16.8. The van der Waals surface area contributed by atoms with Gasteiger partial charge in [-0.3, -0.25) is 4.79 Å². The average Bonchev–Trinajstić information content (AvgIpc) is 2.97. The van der Waals surface area contributed by atoms with Gasteiger partial charge in [-0.05, 0) is 24.6 Å². The van der Waals surface area contributed by atoms with Crippen molar-refractivity contribution < 1.29 is 74.1 Å². The fraction of sp³-hybridized carbons (Fsp3) is 0.536. The summed E-state index contributed by atoms with van der Waals surface area (Å²) in [5.74, 6) is -1.06. The lowest BCUT2D eigenvalue weighted by atomic mass is 9.95. The van der Waals surface area contributed by atoms with Crippen molar-refractivity contribution in [1.82, 2.24) is 0 Å². The summed E-state index contributed by atoms with van der Waals surface area (Å²) in [5, 5.41) is 82.4. The number of carbonyl (C=O) groups is 1. The summed E-state index contributed by atoms with van der Waals surface area (Å²) in [6, 6.07) is 6.89. The molecule has 43 heavy (non-hydrogen) atoms. The van der Waals surface area contributed by atoms with E-state index in [4.69, 9.17) is 28.4 Å². The maximum absolute atomic E-state index is 13.0. The Labute approximate surface area is 245 Å². The first-order valence-electron chi connectivity index (χ1n) is 13.5. The van der Waals surface area contributed by atoms with Crippen molar-refractivity contribution in [2.45, 2.75) is 80.9 Å².